The van der Waals surface area contributed by atoms with E-state index >= 15 is 0 Å². The van der Waals surface area contributed by atoms with Crippen molar-refractivity contribution in [3.05, 3.63) is 59.7 Å². The summed E-state index contributed by atoms with van der Waals surface area (Å²) < 4.78 is 7.76. The quantitative estimate of drug-likeness (QED) is 0.389. The van der Waals surface area contributed by atoms with Gasteiger partial charge in [-0.2, -0.15) is 0 Å². The van der Waals surface area contributed by atoms with Crippen molar-refractivity contribution in [3.8, 4) is 17.1 Å². The predicted molar refractivity (Wildman–Crippen MR) is 121 cm³/mol. The molecule has 0 fully saturated rings. The number of aryl methyl sites for hydroxylation is 2. The molecule has 0 unspecified atom stereocenters. The molecule has 0 saturated heterocycles. The van der Waals surface area contributed by atoms with Gasteiger partial charge in [-0.15, -0.1) is 10.2 Å². The SMILES string of the molecule is CCn1c(SCC(=O)NCCCOc2cccc(C)c2)nnc1-c1ccccc1C. The maximum atomic E-state index is 12.2. The molecule has 2 aromatic carbocycles. The maximum absolute atomic E-state index is 12.2. The second-order valence-corrected chi connectivity index (χ2v) is 7.97. The van der Waals surface area contributed by atoms with Crippen molar-refractivity contribution < 1.29 is 9.53 Å². The lowest BCUT2D eigenvalue weighted by molar-refractivity contribution is -0.118. The highest BCUT2D eigenvalue weighted by molar-refractivity contribution is 7.99. The van der Waals surface area contributed by atoms with E-state index in [4.69, 9.17) is 4.74 Å². The van der Waals surface area contributed by atoms with Gasteiger partial charge >= 0.3 is 0 Å². The molecule has 0 saturated carbocycles. The summed E-state index contributed by atoms with van der Waals surface area (Å²) in [4.78, 5) is 12.2. The van der Waals surface area contributed by atoms with Crippen LogP contribution in [-0.4, -0.2) is 39.6 Å². The number of nitrogens with zero attached hydrogens (tertiary/aromatic N) is 3. The molecule has 0 aliphatic rings. The molecule has 0 aliphatic heterocycles. The minimum absolute atomic E-state index is 0.0151. The normalized spacial score (nSPS) is 10.8. The van der Waals surface area contributed by atoms with Crippen LogP contribution in [0.2, 0.25) is 0 Å². The van der Waals surface area contributed by atoms with E-state index in [1.165, 1.54) is 17.3 Å². The van der Waals surface area contributed by atoms with Crippen LogP contribution < -0.4 is 10.1 Å². The molecule has 0 atom stereocenters. The fraction of sp³-hybridized carbons (Fsp3) is 0.348. The zero-order chi connectivity index (χ0) is 21.3. The van der Waals surface area contributed by atoms with Gasteiger partial charge < -0.3 is 14.6 Å². The van der Waals surface area contributed by atoms with Gasteiger partial charge in [0, 0.05) is 18.7 Å². The average Bonchev–Trinajstić information content (AvgIpc) is 3.15. The first-order chi connectivity index (χ1) is 14.6. The molecule has 1 amide bonds. The fourth-order valence-electron chi connectivity index (χ4n) is 3.08. The summed E-state index contributed by atoms with van der Waals surface area (Å²) in [6.45, 7) is 8.06. The lowest BCUT2D eigenvalue weighted by Crippen LogP contribution is -2.27. The maximum Gasteiger partial charge on any atom is 0.230 e. The standard InChI is InChI=1S/C23H28N4O2S/c1-4-27-22(20-12-6-5-10-18(20)3)25-26-23(27)30-16-21(28)24-13-8-14-29-19-11-7-9-17(2)15-19/h5-7,9-12,15H,4,8,13-14,16H2,1-3H3,(H,24,28). The van der Waals surface area contributed by atoms with Gasteiger partial charge in [0.2, 0.25) is 5.91 Å². The van der Waals surface area contributed by atoms with Crippen molar-refractivity contribution in [2.75, 3.05) is 18.9 Å². The molecule has 1 N–H and O–H groups in total. The Morgan fingerprint density at radius 1 is 1.13 bits per heavy atom. The molecule has 3 rings (SSSR count). The van der Waals surface area contributed by atoms with Gasteiger partial charge in [-0.25, -0.2) is 0 Å². The second kappa shape index (κ2) is 10.8. The summed E-state index contributed by atoms with van der Waals surface area (Å²) in [5.41, 5.74) is 3.39. The van der Waals surface area contributed by atoms with Crippen LogP contribution in [0.4, 0.5) is 0 Å². The Morgan fingerprint density at radius 3 is 2.73 bits per heavy atom. The summed E-state index contributed by atoms with van der Waals surface area (Å²) in [7, 11) is 0. The van der Waals surface area contributed by atoms with Gasteiger partial charge in [0.05, 0.1) is 12.4 Å². The molecule has 30 heavy (non-hydrogen) atoms. The Morgan fingerprint density at radius 2 is 1.97 bits per heavy atom. The topological polar surface area (TPSA) is 69.0 Å². The van der Waals surface area contributed by atoms with E-state index in [1.54, 1.807) is 0 Å². The number of benzene rings is 2. The summed E-state index contributed by atoms with van der Waals surface area (Å²) in [5.74, 6) is 2.00. The highest BCUT2D eigenvalue weighted by atomic mass is 32.2. The van der Waals surface area contributed by atoms with E-state index < -0.39 is 0 Å². The smallest absolute Gasteiger partial charge is 0.230 e. The summed E-state index contributed by atoms with van der Waals surface area (Å²) in [5, 5.41) is 12.4. The highest BCUT2D eigenvalue weighted by Gasteiger charge is 2.15. The number of amides is 1. The van der Waals surface area contributed by atoms with E-state index in [9.17, 15) is 4.79 Å². The van der Waals surface area contributed by atoms with Crippen LogP contribution in [0.5, 0.6) is 5.75 Å². The van der Waals surface area contributed by atoms with Crippen molar-refractivity contribution in [2.24, 2.45) is 0 Å². The Bertz CT molecular complexity index is 987. The Hall–Kier alpha value is -2.80. The number of rotatable bonds is 10. The van der Waals surface area contributed by atoms with Crippen LogP contribution in [0.3, 0.4) is 0 Å². The first-order valence-corrected chi connectivity index (χ1v) is 11.1. The number of ether oxygens (including phenoxy) is 1. The Balaban J connectivity index is 1.44. The van der Waals surface area contributed by atoms with Crippen LogP contribution in [0.25, 0.3) is 11.4 Å². The first kappa shape index (κ1) is 21.9. The number of aromatic nitrogens is 3. The van der Waals surface area contributed by atoms with E-state index in [0.717, 1.165) is 40.8 Å². The summed E-state index contributed by atoms with van der Waals surface area (Å²) in [6.07, 6.45) is 0.757. The van der Waals surface area contributed by atoms with Crippen LogP contribution in [0, 0.1) is 13.8 Å². The van der Waals surface area contributed by atoms with Crippen molar-refractivity contribution in [1.82, 2.24) is 20.1 Å². The van der Waals surface area contributed by atoms with E-state index in [0.29, 0.717) is 18.9 Å². The van der Waals surface area contributed by atoms with Crippen molar-refractivity contribution in [3.63, 3.8) is 0 Å². The van der Waals surface area contributed by atoms with Gasteiger partial charge in [-0.1, -0.05) is 48.2 Å². The van der Waals surface area contributed by atoms with Crippen LogP contribution >= 0.6 is 11.8 Å². The minimum atomic E-state index is -0.0151. The lowest BCUT2D eigenvalue weighted by Gasteiger charge is -2.09. The third-order valence-electron chi connectivity index (χ3n) is 4.65. The molecule has 0 bridgehead atoms. The van der Waals surface area contributed by atoms with Crippen LogP contribution in [0.15, 0.2) is 53.7 Å². The fourth-order valence-corrected chi connectivity index (χ4v) is 3.91. The minimum Gasteiger partial charge on any atom is -0.494 e. The number of carbonyl (C=O) groups excluding carboxylic acids is 1. The zero-order valence-electron chi connectivity index (χ0n) is 17.7. The predicted octanol–water partition coefficient (Wildman–Crippen LogP) is 4.26. The van der Waals surface area contributed by atoms with Gasteiger partial charge in [0.25, 0.3) is 0 Å². The van der Waals surface area contributed by atoms with Crippen molar-refractivity contribution in [1.29, 1.82) is 0 Å². The summed E-state index contributed by atoms with van der Waals surface area (Å²) in [6, 6.07) is 16.1. The van der Waals surface area contributed by atoms with Gasteiger partial charge in [-0.05, 0) is 50.5 Å². The number of thioether (sulfide) groups is 1. The molecule has 1 heterocycles. The largest absolute Gasteiger partial charge is 0.494 e. The van der Waals surface area contributed by atoms with Crippen LogP contribution in [0.1, 0.15) is 24.5 Å². The van der Waals surface area contributed by atoms with Crippen molar-refractivity contribution >= 4 is 17.7 Å². The molecule has 6 nitrogen and oxygen atoms in total. The molecule has 3 aromatic rings. The molecular formula is C23H28N4O2S. The van der Waals surface area contributed by atoms with Crippen LogP contribution in [-0.2, 0) is 11.3 Å². The zero-order valence-corrected chi connectivity index (χ0v) is 18.5. The second-order valence-electron chi connectivity index (χ2n) is 7.02. The molecule has 0 aliphatic carbocycles. The van der Waals surface area contributed by atoms with Gasteiger partial charge in [0.15, 0.2) is 11.0 Å². The molecule has 0 radical (unpaired) electrons. The molecule has 7 heteroatoms. The third kappa shape index (κ3) is 5.86. The molecular weight excluding hydrogens is 396 g/mol. The van der Waals surface area contributed by atoms with E-state index in [2.05, 4.69) is 40.0 Å². The van der Waals surface area contributed by atoms with E-state index in [1.807, 2.05) is 49.4 Å². The first-order valence-electron chi connectivity index (χ1n) is 10.2. The lowest BCUT2D eigenvalue weighted by atomic mass is 10.1. The molecule has 158 valence electrons. The van der Waals surface area contributed by atoms with Gasteiger partial charge in [0.1, 0.15) is 5.75 Å². The third-order valence-corrected chi connectivity index (χ3v) is 5.62. The van der Waals surface area contributed by atoms with Crippen molar-refractivity contribution in [2.45, 2.75) is 38.9 Å². The Kier molecular flexibility index (Phi) is 7.90. The number of hydrogen-bond acceptors (Lipinski definition) is 5. The highest BCUT2D eigenvalue weighted by Crippen LogP contribution is 2.26. The number of nitrogens with one attached hydrogen (secondary N) is 1. The van der Waals surface area contributed by atoms with Gasteiger partial charge in [-0.3, -0.25) is 4.79 Å². The monoisotopic (exact) mass is 424 g/mol. The Labute approximate surface area is 182 Å². The summed E-state index contributed by atoms with van der Waals surface area (Å²) >= 11 is 1.41. The number of hydrogen-bond donors (Lipinski definition) is 1. The molecule has 1 aromatic heterocycles. The van der Waals surface area contributed by atoms with E-state index in [-0.39, 0.29) is 5.91 Å². The molecule has 0 spiro atoms. The average molecular weight is 425 g/mol. The number of carbonyl (C=O) groups is 1.